The Labute approximate surface area is 125 Å². The molecule has 0 aromatic carbocycles. The Bertz CT molecular complexity index is 330. The number of hydrogen-bond donors (Lipinski definition) is 1. The van der Waals surface area contributed by atoms with Crippen LogP contribution in [0.25, 0.3) is 0 Å². The summed E-state index contributed by atoms with van der Waals surface area (Å²) < 4.78 is 0. The molecule has 2 saturated heterocycles. The van der Waals surface area contributed by atoms with Gasteiger partial charge in [-0.2, -0.15) is 0 Å². The van der Waals surface area contributed by atoms with Crippen LogP contribution >= 0.6 is 0 Å². The van der Waals surface area contributed by atoms with E-state index in [-0.39, 0.29) is 0 Å². The van der Waals surface area contributed by atoms with E-state index in [1.807, 2.05) is 0 Å². The highest BCUT2D eigenvalue weighted by atomic mass is 15.2. The van der Waals surface area contributed by atoms with E-state index in [9.17, 15) is 0 Å². The van der Waals surface area contributed by atoms with Crippen molar-refractivity contribution >= 4 is 0 Å². The van der Waals surface area contributed by atoms with Gasteiger partial charge >= 0.3 is 0 Å². The first-order valence-corrected chi connectivity index (χ1v) is 8.72. The Morgan fingerprint density at radius 1 is 1.20 bits per heavy atom. The van der Waals surface area contributed by atoms with Crippen LogP contribution in [0.1, 0.15) is 45.4 Å². The SMILES string of the molecule is CC1CCCC(CNC2CCN3CCC2C3)(N(C)C)C1. The van der Waals surface area contributed by atoms with Crippen molar-refractivity contribution in [2.75, 3.05) is 40.3 Å². The molecule has 0 amide bonds. The summed E-state index contributed by atoms with van der Waals surface area (Å²) >= 11 is 0. The average molecular weight is 279 g/mol. The number of nitrogens with one attached hydrogen (secondary N) is 1. The highest BCUT2D eigenvalue weighted by Crippen LogP contribution is 2.36. The van der Waals surface area contributed by atoms with Gasteiger partial charge in [0.15, 0.2) is 0 Å². The molecule has 1 N–H and O–H groups in total. The predicted octanol–water partition coefficient (Wildman–Crippen LogP) is 2.18. The van der Waals surface area contributed by atoms with Crippen molar-refractivity contribution in [2.24, 2.45) is 11.8 Å². The van der Waals surface area contributed by atoms with E-state index in [1.54, 1.807) is 0 Å². The molecule has 0 aromatic heterocycles. The summed E-state index contributed by atoms with van der Waals surface area (Å²) in [6.07, 6.45) is 8.36. The quantitative estimate of drug-likeness (QED) is 0.851. The summed E-state index contributed by atoms with van der Waals surface area (Å²) in [5, 5.41) is 3.99. The molecule has 1 aliphatic carbocycles. The monoisotopic (exact) mass is 279 g/mol. The van der Waals surface area contributed by atoms with Crippen molar-refractivity contribution in [1.82, 2.24) is 15.1 Å². The molecule has 3 nitrogen and oxygen atoms in total. The largest absolute Gasteiger partial charge is 0.312 e. The zero-order chi connectivity index (χ0) is 14.2. The molecule has 1 saturated carbocycles. The topological polar surface area (TPSA) is 18.5 Å². The molecule has 3 heteroatoms. The van der Waals surface area contributed by atoms with Crippen LogP contribution in [-0.2, 0) is 0 Å². The van der Waals surface area contributed by atoms with E-state index in [1.165, 1.54) is 64.7 Å². The third-order valence-corrected chi connectivity index (χ3v) is 6.34. The summed E-state index contributed by atoms with van der Waals surface area (Å²) in [4.78, 5) is 5.16. The second-order valence-corrected chi connectivity index (χ2v) is 7.95. The molecule has 3 rings (SSSR count). The van der Waals surface area contributed by atoms with Crippen LogP contribution in [0, 0.1) is 11.8 Å². The third-order valence-electron chi connectivity index (χ3n) is 6.34. The Hall–Kier alpha value is -0.120. The minimum absolute atomic E-state index is 0.410. The Morgan fingerprint density at radius 2 is 2.00 bits per heavy atom. The number of piperidine rings is 1. The zero-order valence-corrected chi connectivity index (χ0v) is 13.7. The first-order valence-electron chi connectivity index (χ1n) is 8.72. The first kappa shape index (κ1) is 14.8. The van der Waals surface area contributed by atoms with Crippen LogP contribution < -0.4 is 5.32 Å². The normalized spacial score (nSPS) is 45.0. The van der Waals surface area contributed by atoms with Gasteiger partial charge in [-0.15, -0.1) is 0 Å². The molecule has 116 valence electrons. The molecule has 2 heterocycles. The van der Waals surface area contributed by atoms with E-state index in [4.69, 9.17) is 0 Å². The number of nitrogens with zero attached hydrogens (tertiary/aromatic N) is 2. The fraction of sp³-hybridized carbons (Fsp3) is 1.00. The second kappa shape index (κ2) is 5.94. The van der Waals surface area contributed by atoms with E-state index in [0.29, 0.717) is 5.54 Å². The average Bonchev–Trinajstić information content (AvgIpc) is 2.80. The van der Waals surface area contributed by atoms with Crippen molar-refractivity contribution < 1.29 is 0 Å². The summed E-state index contributed by atoms with van der Waals surface area (Å²) in [6.45, 7) is 7.65. The molecule has 0 aromatic rings. The lowest BCUT2D eigenvalue weighted by Crippen LogP contribution is -2.57. The molecule has 20 heavy (non-hydrogen) atoms. The summed E-state index contributed by atoms with van der Waals surface area (Å²) in [5.41, 5.74) is 0.410. The van der Waals surface area contributed by atoms with Crippen molar-refractivity contribution in [3.8, 4) is 0 Å². The number of likely N-dealkylation sites (N-methyl/N-ethyl adjacent to an activating group) is 1. The van der Waals surface area contributed by atoms with E-state index in [2.05, 4.69) is 36.1 Å². The van der Waals surface area contributed by atoms with Gasteiger partial charge in [0.1, 0.15) is 0 Å². The Kier molecular flexibility index (Phi) is 4.40. The standard InChI is InChI=1S/C17H33N3/c1-14-5-4-8-17(11-14,19(2)3)13-18-16-7-10-20-9-6-15(16)12-20/h14-16,18H,4-13H2,1-3H3. The van der Waals surface area contributed by atoms with Crippen molar-refractivity contribution in [1.29, 1.82) is 0 Å². The highest BCUT2D eigenvalue weighted by molar-refractivity contribution is 4.98. The molecule has 2 aliphatic heterocycles. The molecule has 5 atom stereocenters. The highest BCUT2D eigenvalue weighted by Gasteiger charge is 2.39. The molecule has 3 fully saturated rings. The molecule has 2 bridgehead atoms. The molecular weight excluding hydrogens is 246 g/mol. The lowest BCUT2D eigenvalue weighted by Gasteiger charge is -2.46. The first-order chi connectivity index (χ1) is 9.59. The van der Waals surface area contributed by atoms with E-state index >= 15 is 0 Å². The van der Waals surface area contributed by atoms with Gasteiger partial charge in [0.2, 0.25) is 0 Å². The lowest BCUT2D eigenvalue weighted by atomic mass is 9.75. The number of fused-ring (bicyclic) bond motifs is 2. The number of rotatable bonds is 4. The number of hydrogen-bond acceptors (Lipinski definition) is 3. The van der Waals surface area contributed by atoms with Gasteiger partial charge in [0.25, 0.3) is 0 Å². The van der Waals surface area contributed by atoms with Crippen molar-refractivity contribution in [3.63, 3.8) is 0 Å². The van der Waals surface area contributed by atoms with E-state index < -0.39 is 0 Å². The van der Waals surface area contributed by atoms with Crippen LogP contribution in [-0.4, -0.2) is 61.7 Å². The minimum Gasteiger partial charge on any atom is -0.312 e. The van der Waals surface area contributed by atoms with Crippen LogP contribution in [0.5, 0.6) is 0 Å². The van der Waals surface area contributed by atoms with E-state index in [0.717, 1.165) is 17.9 Å². The van der Waals surface area contributed by atoms with Crippen molar-refractivity contribution in [3.05, 3.63) is 0 Å². The van der Waals surface area contributed by atoms with Gasteiger partial charge in [-0.1, -0.05) is 19.8 Å². The van der Waals surface area contributed by atoms with Crippen molar-refractivity contribution in [2.45, 2.75) is 57.0 Å². The smallest absolute Gasteiger partial charge is 0.0330 e. The fourth-order valence-corrected chi connectivity index (χ4v) is 4.90. The predicted molar refractivity (Wildman–Crippen MR) is 85.0 cm³/mol. The minimum atomic E-state index is 0.410. The van der Waals surface area contributed by atoms with Gasteiger partial charge in [-0.05, 0) is 64.7 Å². The molecule has 5 unspecified atom stereocenters. The van der Waals surface area contributed by atoms with Crippen LogP contribution in [0.2, 0.25) is 0 Å². The van der Waals surface area contributed by atoms with Gasteiger partial charge in [-0.25, -0.2) is 0 Å². The molecular formula is C17H33N3. The van der Waals surface area contributed by atoms with Gasteiger partial charge in [0.05, 0.1) is 0 Å². The molecule has 3 aliphatic rings. The molecule has 0 spiro atoms. The molecule has 0 radical (unpaired) electrons. The van der Waals surface area contributed by atoms with Gasteiger partial charge < -0.3 is 15.1 Å². The fourth-order valence-electron chi connectivity index (χ4n) is 4.90. The zero-order valence-electron chi connectivity index (χ0n) is 13.7. The van der Waals surface area contributed by atoms with Crippen LogP contribution in [0.15, 0.2) is 0 Å². The maximum Gasteiger partial charge on any atom is 0.0330 e. The Morgan fingerprint density at radius 3 is 2.75 bits per heavy atom. The summed E-state index contributed by atoms with van der Waals surface area (Å²) in [7, 11) is 4.58. The Balaban J connectivity index is 1.59. The third kappa shape index (κ3) is 2.90. The maximum absolute atomic E-state index is 3.99. The lowest BCUT2D eigenvalue weighted by molar-refractivity contribution is 0.0670. The maximum atomic E-state index is 3.99. The van der Waals surface area contributed by atoms with Crippen LogP contribution in [0.4, 0.5) is 0 Å². The van der Waals surface area contributed by atoms with Gasteiger partial charge in [-0.3, -0.25) is 0 Å². The second-order valence-electron chi connectivity index (χ2n) is 7.95. The van der Waals surface area contributed by atoms with Gasteiger partial charge in [0, 0.05) is 24.7 Å². The summed E-state index contributed by atoms with van der Waals surface area (Å²) in [5.74, 6) is 1.81. The van der Waals surface area contributed by atoms with Crippen LogP contribution in [0.3, 0.4) is 0 Å². The summed E-state index contributed by atoms with van der Waals surface area (Å²) in [6, 6.07) is 0.780.